The molecule has 1 atom stereocenters. The Hall–Kier alpha value is -3.19. The fourth-order valence-corrected chi connectivity index (χ4v) is 4.20. The molecule has 0 saturated carbocycles. The number of amides is 2. The van der Waals surface area contributed by atoms with Gasteiger partial charge in [-0.15, -0.1) is 0 Å². The lowest BCUT2D eigenvalue weighted by atomic mass is 9.92. The highest BCUT2D eigenvalue weighted by atomic mass is 16.2. The number of rotatable bonds is 5. The summed E-state index contributed by atoms with van der Waals surface area (Å²) < 4.78 is 1.97. The van der Waals surface area contributed by atoms with Gasteiger partial charge >= 0.3 is 6.03 Å². The van der Waals surface area contributed by atoms with Crippen molar-refractivity contribution in [1.29, 1.82) is 0 Å². The summed E-state index contributed by atoms with van der Waals surface area (Å²) in [5, 5.41) is 11.1. The smallest absolute Gasteiger partial charge is 0.321 e. The zero-order valence-corrected chi connectivity index (χ0v) is 16.2. The van der Waals surface area contributed by atoms with E-state index in [1.165, 1.54) is 16.8 Å². The van der Waals surface area contributed by atoms with Crippen molar-refractivity contribution in [3.63, 3.8) is 0 Å². The normalized spacial score (nSPS) is 18.6. The molecule has 148 valence electrons. The summed E-state index contributed by atoms with van der Waals surface area (Å²) in [5.74, 6) is 0.871. The van der Waals surface area contributed by atoms with E-state index in [9.17, 15) is 4.79 Å². The van der Waals surface area contributed by atoms with E-state index < -0.39 is 0 Å². The van der Waals surface area contributed by atoms with Crippen molar-refractivity contribution in [2.24, 2.45) is 0 Å². The molecule has 0 unspecified atom stereocenters. The molecule has 7 nitrogen and oxygen atoms in total. The van der Waals surface area contributed by atoms with Gasteiger partial charge in [-0.3, -0.25) is 4.90 Å². The van der Waals surface area contributed by atoms with Gasteiger partial charge in [0.05, 0.1) is 11.9 Å². The molecule has 0 radical (unpaired) electrons. The maximum Gasteiger partial charge on any atom is 0.321 e. The van der Waals surface area contributed by atoms with Crippen molar-refractivity contribution >= 4 is 11.7 Å². The number of carbonyl (C=O) groups is 1. The SMILES string of the molecule is O=C1NCCN1c1ccc(CN[C@@H]2CCCc3c2cnn3-c2ccccn2)cc1. The minimum Gasteiger partial charge on any atom is -0.336 e. The summed E-state index contributed by atoms with van der Waals surface area (Å²) in [6.45, 7) is 2.21. The molecular weight excluding hydrogens is 364 g/mol. The summed E-state index contributed by atoms with van der Waals surface area (Å²) >= 11 is 0. The summed E-state index contributed by atoms with van der Waals surface area (Å²) in [6.07, 6.45) is 7.04. The van der Waals surface area contributed by atoms with E-state index in [4.69, 9.17) is 0 Å². The van der Waals surface area contributed by atoms with Gasteiger partial charge in [0, 0.05) is 43.1 Å². The van der Waals surface area contributed by atoms with E-state index in [0.717, 1.165) is 43.9 Å². The predicted octanol–water partition coefficient (Wildman–Crippen LogP) is 2.96. The maximum atomic E-state index is 11.8. The Kier molecular flexibility index (Phi) is 4.73. The summed E-state index contributed by atoms with van der Waals surface area (Å²) in [7, 11) is 0. The summed E-state index contributed by atoms with van der Waals surface area (Å²) in [4.78, 5) is 18.0. The van der Waals surface area contributed by atoms with Crippen LogP contribution in [0, 0.1) is 0 Å². The van der Waals surface area contributed by atoms with Gasteiger partial charge < -0.3 is 10.6 Å². The molecule has 2 N–H and O–H groups in total. The lowest BCUT2D eigenvalue weighted by Crippen LogP contribution is -2.27. The molecule has 2 aromatic heterocycles. The predicted molar refractivity (Wildman–Crippen MR) is 111 cm³/mol. The van der Waals surface area contributed by atoms with Gasteiger partial charge in [0.1, 0.15) is 0 Å². The number of aromatic nitrogens is 3. The van der Waals surface area contributed by atoms with E-state index in [2.05, 4.69) is 32.8 Å². The number of anilines is 1. The number of carbonyl (C=O) groups excluding carboxylic acids is 1. The number of pyridine rings is 1. The third kappa shape index (κ3) is 3.49. The summed E-state index contributed by atoms with van der Waals surface area (Å²) in [5.41, 5.74) is 4.67. The Morgan fingerprint density at radius 1 is 1.17 bits per heavy atom. The molecule has 1 aromatic carbocycles. The molecule has 2 amide bonds. The van der Waals surface area contributed by atoms with Crippen LogP contribution in [-0.2, 0) is 13.0 Å². The number of hydrogen-bond acceptors (Lipinski definition) is 4. The molecular formula is C22H24N6O. The topological polar surface area (TPSA) is 75.1 Å². The van der Waals surface area contributed by atoms with E-state index in [0.29, 0.717) is 12.6 Å². The molecule has 0 bridgehead atoms. The van der Waals surface area contributed by atoms with Gasteiger partial charge in [0.25, 0.3) is 0 Å². The fraction of sp³-hybridized carbons (Fsp3) is 0.318. The van der Waals surface area contributed by atoms with Crippen LogP contribution in [0.5, 0.6) is 0 Å². The molecule has 29 heavy (non-hydrogen) atoms. The Morgan fingerprint density at radius 2 is 2.07 bits per heavy atom. The fourth-order valence-electron chi connectivity index (χ4n) is 4.20. The average molecular weight is 388 g/mol. The zero-order valence-electron chi connectivity index (χ0n) is 16.2. The first-order chi connectivity index (χ1) is 14.3. The highest BCUT2D eigenvalue weighted by Crippen LogP contribution is 2.31. The molecule has 5 rings (SSSR count). The Labute approximate surface area is 169 Å². The van der Waals surface area contributed by atoms with Gasteiger partial charge in [-0.2, -0.15) is 5.10 Å². The van der Waals surface area contributed by atoms with Gasteiger partial charge in [0.2, 0.25) is 0 Å². The minimum atomic E-state index is -0.0180. The van der Waals surface area contributed by atoms with Crippen LogP contribution in [0.25, 0.3) is 5.82 Å². The number of nitrogens with zero attached hydrogens (tertiary/aromatic N) is 4. The van der Waals surface area contributed by atoms with Crippen LogP contribution in [0.4, 0.5) is 10.5 Å². The Morgan fingerprint density at radius 3 is 2.83 bits per heavy atom. The Balaban J connectivity index is 1.28. The molecule has 1 saturated heterocycles. The number of fused-ring (bicyclic) bond motifs is 1. The zero-order chi connectivity index (χ0) is 19.6. The lowest BCUT2D eigenvalue weighted by molar-refractivity contribution is 0.252. The highest BCUT2D eigenvalue weighted by molar-refractivity contribution is 5.93. The largest absolute Gasteiger partial charge is 0.336 e. The molecule has 3 heterocycles. The average Bonchev–Trinajstić information content (AvgIpc) is 3.40. The van der Waals surface area contributed by atoms with E-state index in [1.807, 2.05) is 41.2 Å². The van der Waals surface area contributed by atoms with Crippen LogP contribution in [0.3, 0.4) is 0 Å². The van der Waals surface area contributed by atoms with E-state index >= 15 is 0 Å². The quantitative estimate of drug-likeness (QED) is 0.705. The highest BCUT2D eigenvalue weighted by Gasteiger charge is 2.25. The van der Waals surface area contributed by atoms with Gasteiger partial charge in [-0.05, 0) is 49.1 Å². The third-order valence-corrected chi connectivity index (χ3v) is 5.71. The van der Waals surface area contributed by atoms with Crippen molar-refractivity contribution in [2.75, 3.05) is 18.0 Å². The first-order valence-corrected chi connectivity index (χ1v) is 10.2. The molecule has 0 spiro atoms. The van der Waals surface area contributed by atoms with Crippen molar-refractivity contribution in [2.45, 2.75) is 31.8 Å². The number of nitrogens with one attached hydrogen (secondary N) is 2. The van der Waals surface area contributed by atoms with Crippen LogP contribution in [0.1, 0.15) is 35.7 Å². The summed E-state index contributed by atoms with van der Waals surface area (Å²) in [6, 6.07) is 14.4. The molecule has 7 heteroatoms. The first kappa shape index (κ1) is 17.9. The minimum absolute atomic E-state index is 0.0180. The van der Waals surface area contributed by atoms with E-state index in [-0.39, 0.29) is 6.03 Å². The second-order valence-electron chi connectivity index (χ2n) is 7.52. The maximum absolute atomic E-state index is 11.8. The number of hydrogen-bond donors (Lipinski definition) is 2. The van der Waals surface area contributed by atoms with Crippen LogP contribution in [0.15, 0.2) is 54.9 Å². The monoisotopic (exact) mass is 388 g/mol. The molecule has 1 fully saturated rings. The van der Waals surface area contributed by atoms with Crippen molar-refractivity contribution < 1.29 is 4.79 Å². The molecule has 2 aliphatic rings. The van der Waals surface area contributed by atoms with Crippen LogP contribution < -0.4 is 15.5 Å². The van der Waals surface area contributed by atoms with Gasteiger partial charge in [0.15, 0.2) is 5.82 Å². The standard InChI is InChI=1S/C22H24N6O/c29-22-24-12-13-27(22)17-9-7-16(8-10-17)14-25-19-4-3-5-20-18(19)15-26-28(20)21-6-1-2-11-23-21/h1-2,6-11,15,19,25H,3-5,12-14H2,(H,24,29)/t19-/m1/s1. The van der Waals surface area contributed by atoms with Gasteiger partial charge in [-0.1, -0.05) is 18.2 Å². The second kappa shape index (κ2) is 7.67. The number of benzene rings is 1. The van der Waals surface area contributed by atoms with Gasteiger partial charge in [-0.25, -0.2) is 14.5 Å². The van der Waals surface area contributed by atoms with E-state index in [1.54, 1.807) is 11.1 Å². The van der Waals surface area contributed by atoms with Crippen LogP contribution >= 0.6 is 0 Å². The van der Waals surface area contributed by atoms with Crippen LogP contribution in [0.2, 0.25) is 0 Å². The van der Waals surface area contributed by atoms with Crippen molar-refractivity contribution in [3.05, 3.63) is 71.7 Å². The lowest BCUT2D eigenvalue weighted by Gasteiger charge is -2.24. The van der Waals surface area contributed by atoms with Crippen molar-refractivity contribution in [3.8, 4) is 5.82 Å². The number of urea groups is 1. The van der Waals surface area contributed by atoms with Crippen LogP contribution in [-0.4, -0.2) is 33.9 Å². The Bertz CT molecular complexity index is 998. The molecule has 3 aromatic rings. The van der Waals surface area contributed by atoms with Crippen molar-refractivity contribution in [1.82, 2.24) is 25.4 Å². The molecule has 1 aliphatic heterocycles. The first-order valence-electron chi connectivity index (χ1n) is 10.2. The second-order valence-corrected chi connectivity index (χ2v) is 7.52. The third-order valence-electron chi connectivity index (χ3n) is 5.71. The molecule has 1 aliphatic carbocycles.